The number of hydrogen-bond donors (Lipinski definition) is 2. The average Bonchev–Trinajstić information content (AvgIpc) is 2.79. The molecule has 0 fully saturated rings. The van der Waals surface area contributed by atoms with Crippen LogP contribution in [0.1, 0.15) is 22.3 Å². The molecule has 8 nitrogen and oxygen atoms in total. The molecule has 2 aromatic carbocycles. The molecule has 0 aliphatic carbocycles. The Labute approximate surface area is 194 Å². The van der Waals surface area contributed by atoms with Gasteiger partial charge in [0.25, 0.3) is 0 Å². The Balaban J connectivity index is 1.48. The minimum Gasteiger partial charge on any atom is -0.447 e. The van der Waals surface area contributed by atoms with Gasteiger partial charge in [-0.25, -0.2) is 14.2 Å². The number of rotatable bonds is 8. The monoisotopic (exact) mass is 472 g/mol. The van der Waals surface area contributed by atoms with Crippen LogP contribution >= 0.6 is 11.6 Å². The van der Waals surface area contributed by atoms with Crippen molar-refractivity contribution in [3.8, 4) is 0 Å². The lowest BCUT2D eigenvalue weighted by Crippen LogP contribution is -2.31. The standard InChI is InChI=1S/C23H22ClFN4O4/c1-29(20(30)9-8-14-4-3-7-18(25)21(14)24)10-11-33-23(32)28-19-12-17-15(13-27-19)5-2-6-16(17)22(26)31/h2-7,12-13H,8-11H2,1H3,(H2,26,31)(H,27,28,32). The molecule has 0 aliphatic heterocycles. The number of likely N-dealkylation sites (N-methyl/N-ethyl adjacent to an activating group) is 1. The Kier molecular flexibility index (Phi) is 7.78. The summed E-state index contributed by atoms with van der Waals surface area (Å²) in [5.74, 6) is -1.12. The summed E-state index contributed by atoms with van der Waals surface area (Å²) in [7, 11) is 1.58. The summed E-state index contributed by atoms with van der Waals surface area (Å²) in [6.07, 6.45) is 1.18. The summed E-state index contributed by atoms with van der Waals surface area (Å²) < 4.78 is 18.6. The van der Waals surface area contributed by atoms with Crippen LogP contribution in [0.15, 0.2) is 48.7 Å². The number of nitrogens with two attached hydrogens (primary N) is 1. The Bertz CT molecular complexity index is 1200. The molecule has 3 amide bonds. The number of fused-ring (bicyclic) bond motifs is 1. The lowest BCUT2D eigenvalue weighted by atomic mass is 10.1. The number of nitrogens with one attached hydrogen (secondary N) is 1. The van der Waals surface area contributed by atoms with Crippen molar-refractivity contribution in [2.24, 2.45) is 5.73 Å². The van der Waals surface area contributed by atoms with Gasteiger partial charge in [0.05, 0.1) is 11.6 Å². The number of carbonyl (C=O) groups is 3. The lowest BCUT2D eigenvalue weighted by Gasteiger charge is -2.17. The highest BCUT2D eigenvalue weighted by Crippen LogP contribution is 2.22. The van der Waals surface area contributed by atoms with E-state index in [-0.39, 0.29) is 36.3 Å². The second kappa shape index (κ2) is 10.7. The number of nitrogens with zero attached hydrogens (tertiary/aromatic N) is 2. The molecule has 0 saturated heterocycles. The fourth-order valence-electron chi connectivity index (χ4n) is 3.17. The maximum Gasteiger partial charge on any atom is 0.412 e. The third-order valence-corrected chi connectivity index (χ3v) is 5.41. The van der Waals surface area contributed by atoms with Crippen molar-refractivity contribution >= 4 is 46.1 Å². The zero-order chi connectivity index (χ0) is 24.0. The molecule has 3 aromatic rings. The first-order valence-corrected chi connectivity index (χ1v) is 10.4. The van der Waals surface area contributed by atoms with E-state index in [0.717, 1.165) is 0 Å². The van der Waals surface area contributed by atoms with Crippen molar-refractivity contribution in [2.75, 3.05) is 25.5 Å². The second-order valence-corrected chi connectivity index (χ2v) is 7.63. The number of benzene rings is 2. The number of aromatic nitrogens is 1. The number of hydrogen-bond acceptors (Lipinski definition) is 5. The van der Waals surface area contributed by atoms with Gasteiger partial charge in [0, 0.05) is 30.6 Å². The summed E-state index contributed by atoms with van der Waals surface area (Å²) in [6, 6.07) is 11.0. The van der Waals surface area contributed by atoms with Gasteiger partial charge in [0.15, 0.2) is 0 Å². The number of anilines is 1. The first kappa shape index (κ1) is 23.9. The molecule has 33 heavy (non-hydrogen) atoms. The number of ether oxygens (including phenoxy) is 1. The topological polar surface area (TPSA) is 115 Å². The largest absolute Gasteiger partial charge is 0.447 e. The van der Waals surface area contributed by atoms with Crippen LogP contribution in [0.4, 0.5) is 15.0 Å². The Morgan fingerprint density at radius 3 is 2.73 bits per heavy atom. The third kappa shape index (κ3) is 6.17. The number of halogens is 2. The highest BCUT2D eigenvalue weighted by molar-refractivity contribution is 6.31. The Morgan fingerprint density at radius 2 is 1.97 bits per heavy atom. The zero-order valence-electron chi connectivity index (χ0n) is 17.8. The molecule has 172 valence electrons. The van der Waals surface area contributed by atoms with Gasteiger partial charge in [-0.1, -0.05) is 35.9 Å². The summed E-state index contributed by atoms with van der Waals surface area (Å²) in [5.41, 5.74) is 6.25. The van der Waals surface area contributed by atoms with Crippen LogP contribution in [0.25, 0.3) is 10.8 Å². The van der Waals surface area contributed by atoms with Gasteiger partial charge >= 0.3 is 6.09 Å². The molecule has 0 spiro atoms. The van der Waals surface area contributed by atoms with Crippen molar-refractivity contribution in [2.45, 2.75) is 12.8 Å². The fraction of sp³-hybridized carbons (Fsp3) is 0.217. The SMILES string of the molecule is CN(CCOC(=O)Nc1cc2c(C(N)=O)cccc2cn1)C(=O)CCc1cccc(F)c1Cl. The minimum atomic E-state index is -0.759. The van der Waals surface area contributed by atoms with E-state index in [0.29, 0.717) is 28.3 Å². The van der Waals surface area contributed by atoms with Crippen LogP contribution in [-0.4, -0.2) is 48.0 Å². The third-order valence-electron chi connectivity index (χ3n) is 4.98. The van der Waals surface area contributed by atoms with Gasteiger partial charge in [-0.3, -0.25) is 14.9 Å². The zero-order valence-corrected chi connectivity index (χ0v) is 18.6. The Morgan fingerprint density at radius 1 is 1.21 bits per heavy atom. The van der Waals surface area contributed by atoms with Crippen LogP contribution in [0.2, 0.25) is 5.02 Å². The fourth-order valence-corrected chi connectivity index (χ4v) is 3.39. The van der Waals surface area contributed by atoms with Crippen LogP contribution in [-0.2, 0) is 16.0 Å². The van der Waals surface area contributed by atoms with Gasteiger partial charge < -0.3 is 15.4 Å². The van der Waals surface area contributed by atoms with Crippen LogP contribution in [0.3, 0.4) is 0 Å². The quantitative estimate of drug-likeness (QED) is 0.518. The van der Waals surface area contributed by atoms with Gasteiger partial charge in [0.1, 0.15) is 18.2 Å². The van der Waals surface area contributed by atoms with Crippen LogP contribution in [0.5, 0.6) is 0 Å². The van der Waals surface area contributed by atoms with Crippen molar-refractivity contribution in [1.29, 1.82) is 0 Å². The van der Waals surface area contributed by atoms with E-state index in [1.54, 1.807) is 31.3 Å². The first-order chi connectivity index (χ1) is 15.8. The summed E-state index contributed by atoms with van der Waals surface area (Å²) >= 11 is 5.91. The molecular formula is C23H22ClFN4O4. The molecule has 0 radical (unpaired) electrons. The summed E-state index contributed by atoms with van der Waals surface area (Å²) in [4.78, 5) is 41.5. The molecule has 3 N–H and O–H groups in total. The lowest BCUT2D eigenvalue weighted by molar-refractivity contribution is -0.130. The molecule has 3 rings (SSSR count). The van der Waals surface area contributed by atoms with E-state index in [1.165, 1.54) is 29.3 Å². The van der Waals surface area contributed by atoms with Crippen molar-refractivity contribution in [1.82, 2.24) is 9.88 Å². The van der Waals surface area contributed by atoms with Gasteiger partial charge in [0.2, 0.25) is 11.8 Å². The van der Waals surface area contributed by atoms with Gasteiger partial charge in [-0.15, -0.1) is 0 Å². The predicted molar refractivity (Wildman–Crippen MR) is 123 cm³/mol. The van der Waals surface area contributed by atoms with E-state index in [1.807, 2.05) is 0 Å². The first-order valence-electron chi connectivity index (χ1n) is 10.1. The number of pyridine rings is 1. The summed E-state index contributed by atoms with van der Waals surface area (Å²) in [5, 5.41) is 3.75. The molecule has 0 bridgehead atoms. The molecule has 0 saturated carbocycles. The average molecular weight is 473 g/mol. The maximum atomic E-state index is 13.5. The Hall–Kier alpha value is -3.72. The second-order valence-electron chi connectivity index (χ2n) is 7.25. The number of aryl methyl sites for hydroxylation is 1. The van der Waals surface area contributed by atoms with Gasteiger partial charge in [-0.2, -0.15) is 0 Å². The molecule has 0 unspecified atom stereocenters. The number of carbonyl (C=O) groups excluding carboxylic acids is 3. The van der Waals surface area contributed by atoms with Crippen molar-refractivity contribution in [3.63, 3.8) is 0 Å². The molecular weight excluding hydrogens is 451 g/mol. The van der Waals surface area contributed by atoms with E-state index in [4.69, 9.17) is 22.1 Å². The number of primary amides is 1. The van der Waals surface area contributed by atoms with E-state index < -0.39 is 17.8 Å². The van der Waals surface area contributed by atoms with E-state index in [9.17, 15) is 18.8 Å². The normalized spacial score (nSPS) is 10.6. The van der Waals surface area contributed by atoms with Crippen LogP contribution in [0, 0.1) is 5.82 Å². The van der Waals surface area contributed by atoms with Crippen molar-refractivity contribution < 1.29 is 23.5 Å². The van der Waals surface area contributed by atoms with Gasteiger partial charge in [-0.05, 0) is 35.6 Å². The predicted octanol–water partition coefficient (Wildman–Crippen LogP) is 3.77. The van der Waals surface area contributed by atoms with E-state index >= 15 is 0 Å². The molecule has 1 heterocycles. The molecule has 1 aromatic heterocycles. The highest BCUT2D eigenvalue weighted by atomic mass is 35.5. The van der Waals surface area contributed by atoms with E-state index in [2.05, 4.69) is 10.3 Å². The number of amides is 3. The smallest absolute Gasteiger partial charge is 0.412 e. The maximum absolute atomic E-state index is 13.5. The minimum absolute atomic E-state index is 0.0122. The molecule has 0 aliphatic rings. The molecule has 10 heteroatoms. The highest BCUT2D eigenvalue weighted by Gasteiger charge is 2.13. The van der Waals surface area contributed by atoms with Crippen LogP contribution < -0.4 is 11.1 Å². The molecule has 0 atom stereocenters. The van der Waals surface area contributed by atoms with Crippen molar-refractivity contribution in [3.05, 3.63) is 70.6 Å². The summed E-state index contributed by atoms with van der Waals surface area (Å²) in [6.45, 7) is 0.120.